The van der Waals surface area contributed by atoms with E-state index in [1.807, 2.05) is 0 Å². The molecule has 0 bridgehead atoms. The molecule has 2 saturated heterocycles. The lowest BCUT2D eigenvalue weighted by molar-refractivity contribution is 0.257. The highest BCUT2D eigenvalue weighted by Crippen LogP contribution is 2.29. The second-order valence-corrected chi connectivity index (χ2v) is 8.82. The van der Waals surface area contributed by atoms with Gasteiger partial charge in [0.15, 0.2) is 0 Å². The number of halogens is 2. The Morgan fingerprint density at radius 2 is 1.95 bits per heavy atom. The monoisotopic (exact) mass is 392 g/mol. The molecular formula is C14H18BrClN2O2S. The van der Waals surface area contributed by atoms with E-state index in [-0.39, 0.29) is 0 Å². The minimum atomic E-state index is -3.45. The molecule has 116 valence electrons. The van der Waals surface area contributed by atoms with Crippen molar-refractivity contribution in [1.82, 2.24) is 9.21 Å². The summed E-state index contributed by atoms with van der Waals surface area (Å²) in [5.41, 5.74) is 0. The van der Waals surface area contributed by atoms with Crippen molar-refractivity contribution in [2.24, 2.45) is 0 Å². The average molecular weight is 394 g/mol. The molecule has 0 spiro atoms. The number of sulfonamides is 1. The summed E-state index contributed by atoms with van der Waals surface area (Å²) in [6, 6.07) is 5.17. The second-order valence-electron chi connectivity index (χ2n) is 5.62. The first-order chi connectivity index (χ1) is 9.98. The van der Waals surface area contributed by atoms with Crippen LogP contribution in [0.3, 0.4) is 0 Å². The van der Waals surface area contributed by atoms with E-state index in [1.165, 1.54) is 6.42 Å². The molecule has 0 radical (unpaired) electrons. The van der Waals surface area contributed by atoms with Crippen LogP contribution in [-0.4, -0.2) is 49.8 Å². The number of benzene rings is 1. The minimum absolute atomic E-state index is 0.310. The molecule has 1 aromatic rings. The van der Waals surface area contributed by atoms with Crippen molar-refractivity contribution in [1.29, 1.82) is 0 Å². The molecule has 0 saturated carbocycles. The molecule has 1 atom stereocenters. The largest absolute Gasteiger partial charge is 0.299 e. The van der Waals surface area contributed by atoms with E-state index in [1.54, 1.807) is 22.5 Å². The van der Waals surface area contributed by atoms with Crippen molar-refractivity contribution < 1.29 is 8.42 Å². The van der Waals surface area contributed by atoms with E-state index in [9.17, 15) is 8.42 Å². The smallest absolute Gasteiger partial charge is 0.243 e. The first-order valence-corrected chi connectivity index (χ1v) is 9.79. The topological polar surface area (TPSA) is 40.6 Å². The number of rotatable bonds is 2. The Labute approximate surface area is 139 Å². The van der Waals surface area contributed by atoms with Crippen LogP contribution in [0.25, 0.3) is 0 Å². The van der Waals surface area contributed by atoms with Crippen molar-refractivity contribution >= 4 is 37.6 Å². The van der Waals surface area contributed by atoms with Crippen LogP contribution in [0.15, 0.2) is 27.6 Å². The number of fused-ring (bicyclic) bond motifs is 1. The van der Waals surface area contributed by atoms with Crippen LogP contribution >= 0.6 is 27.5 Å². The third-order valence-corrected chi connectivity index (χ3v) is 7.37. The Morgan fingerprint density at radius 1 is 1.19 bits per heavy atom. The van der Waals surface area contributed by atoms with Crippen LogP contribution in [0.5, 0.6) is 0 Å². The van der Waals surface area contributed by atoms with E-state index < -0.39 is 10.0 Å². The molecular weight excluding hydrogens is 376 g/mol. The fraction of sp³-hybridized carbons (Fsp3) is 0.571. The summed E-state index contributed by atoms with van der Waals surface area (Å²) in [4.78, 5) is 2.73. The SMILES string of the molecule is O=S(=O)(c1ccc(Cl)c(Br)c1)N1CCCN2CCCC2C1. The summed E-state index contributed by atoms with van der Waals surface area (Å²) >= 11 is 9.25. The van der Waals surface area contributed by atoms with Gasteiger partial charge in [0.05, 0.1) is 9.92 Å². The third kappa shape index (κ3) is 3.15. The lowest BCUT2D eigenvalue weighted by Gasteiger charge is -2.25. The van der Waals surface area contributed by atoms with Crippen molar-refractivity contribution in [2.45, 2.75) is 30.2 Å². The quantitative estimate of drug-likeness (QED) is 0.775. The Balaban J connectivity index is 1.88. The zero-order valence-electron chi connectivity index (χ0n) is 11.6. The minimum Gasteiger partial charge on any atom is -0.299 e. The van der Waals surface area contributed by atoms with Crippen molar-refractivity contribution in [3.05, 3.63) is 27.7 Å². The molecule has 0 aromatic heterocycles. The first kappa shape index (κ1) is 15.7. The molecule has 0 amide bonds. The van der Waals surface area contributed by atoms with E-state index in [2.05, 4.69) is 20.8 Å². The standard InChI is InChI=1S/C14H18BrClN2O2S/c15-13-9-12(4-5-14(13)16)21(19,20)18-8-2-7-17-6-1-3-11(17)10-18/h4-5,9,11H,1-3,6-8,10H2. The van der Waals surface area contributed by atoms with E-state index in [0.29, 0.717) is 33.5 Å². The normalized spacial score (nSPS) is 24.8. The van der Waals surface area contributed by atoms with Gasteiger partial charge >= 0.3 is 0 Å². The van der Waals surface area contributed by atoms with Gasteiger partial charge in [0.25, 0.3) is 0 Å². The zero-order valence-corrected chi connectivity index (χ0v) is 14.8. The number of hydrogen-bond donors (Lipinski definition) is 0. The van der Waals surface area contributed by atoms with Gasteiger partial charge in [-0.15, -0.1) is 0 Å². The van der Waals surface area contributed by atoms with Gasteiger partial charge < -0.3 is 0 Å². The summed E-state index contributed by atoms with van der Waals surface area (Å²) in [5, 5.41) is 0.520. The van der Waals surface area contributed by atoms with Crippen molar-refractivity contribution in [2.75, 3.05) is 26.2 Å². The Hall–Kier alpha value is -0.140. The molecule has 21 heavy (non-hydrogen) atoms. The van der Waals surface area contributed by atoms with Crippen LogP contribution in [0, 0.1) is 0 Å². The zero-order chi connectivity index (χ0) is 15.0. The van der Waals surface area contributed by atoms with Crippen LogP contribution in [-0.2, 0) is 10.0 Å². The molecule has 0 N–H and O–H groups in total. The van der Waals surface area contributed by atoms with Crippen molar-refractivity contribution in [3.63, 3.8) is 0 Å². The van der Waals surface area contributed by atoms with Gasteiger partial charge in [0, 0.05) is 23.6 Å². The number of hydrogen-bond acceptors (Lipinski definition) is 3. The Kier molecular flexibility index (Phi) is 4.62. The van der Waals surface area contributed by atoms with Gasteiger partial charge in [-0.1, -0.05) is 11.6 Å². The van der Waals surface area contributed by atoms with Gasteiger partial charge in [-0.05, 0) is 66.5 Å². The molecule has 7 heteroatoms. The predicted molar refractivity (Wildman–Crippen MR) is 87.1 cm³/mol. The van der Waals surface area contributed by atoms with E-state index in [4.69, 9.17) is 11.6 Å². The molecule has 1 unspecified atom stereocenters. The molecule has 1 aromatic carbocycles. The molecule has 3 rings (SSSR count). The lowest BCUT2D eigenvalue weighted by Crippen LogP contribution is -2.39. The second kappa shape index (κ2) is 6.16. The fourth-order valence-electron chi connectivity index (χ4n) is 3.18. The summed E-state index contributed by atoms with van der Waals surface area (Å²) in [7, 11) is -3.45. The van der Waals surface area contributed by atoms with Crippen LogP contribution in [0.1, 0.15) is 19.3 Å². The molecule has 0 aliphatic carbocycles. The van der Waals surface area contributed by atoms with Crippen LogP contribution in [0.4, 0.5) is 0 Å². The van der Waals surface area contributed by atoms with Crippen LogP contribution in [0.2, 0.25) is 5.02 Å². The third-order valence-electron chi connectivity index (χ3n) is 4.30. The molecule has 2 aliphatic rings. The highest BCUT2D eigenvalue weighted by molar-refractivity contribution is 9.10. The van der Waals surface area contributed by atoms with Crippen LogP contribution < -0.4 is 0 Å². The predicted octanol–water partition coefficient (Wildman–Crippen LogP) is 2.96. The van der Waals surface area contributed by atoms with Crippen molar-refractivity contribution in [3.8, 4) is 0 Å². The Bertz CT molecular complexity index is 638. The molecule has 4 nitrogen and oxygen atoms in total. The Morgan fingerprint density at radius 3 is 2.71 bits per heavy atom. The first-order valence-electron chi connectivity index (χ1n) is 7.18. The maximum Gasteiger partial charge on any atom is 0.243 e. The summed E-state index contributed by atoms with van der Waals surface area (Å²) in [6.45, 7) is 3.30. The highest BCUT2D eigenvalue weighted by atomic mass is 79.9. The highest BCUT2D eigenvalue weighted by Gasteiger charge is 2.34. The molecule has 2 aliphatic heterocycles. The fourth-order valence-corrected chi connectivity index (χ4v) is 5.37. The summed E-state index contributed by atoms with van der Waals surface area (Å²) < 4.78 is 27.9. The van der Waals surface area contributed by atoms with Gasteiger partial charge in [-0.25, -0.2) is 8.42 Å². The molecule has 2 heterocycles. The maximum atomic E-state index is 12.8. The van der Waals surface area contributed by atoms with Gasteiger partial charge in [-0.2, -0.15) is 4.31 Å². The van der Waals surface area contributed by atoms with Gasteiger partial charge in [0.2, 0.25) is 10.0 Å². The summed E-state index contributed by atoms with van der Waals surface area (Å²) in [6.07, 6.45) is 3.16. The summed E-state index contributed by atoms with van der Waals surface area (Å²) in [5.74, 6) is 0. The van der Waals surface area contributed by atoms with Gasteiger partial charge in [-0.3, -0.25) is 4.90 Å². The van der Waals surface area contributed by atoms with Gasteiger partial charge in [0.1, 0.15) is 0 Å². The molecule has 2 fully saturated rings. The lowest BCUT2D eigenvalue weighted by atomic mass is 10.2. The van der Waals surface area contributed by atoms with E-state index in [0.717, 1.165) is 25.9 Å². The van der Waals surface area contributed by atoms with E-state index >= 15 is 0 Å². The maximum absolute atomic E-state index is 12.8. The number of nitrogens with zero attached hydrogens (tertiary/aromatic N) is 2. The average Bonchev–Trinajstić information content (AvgIpc) is 2.78.